The van der Waals surface area contributed by atoms with Crippen LogP contribution in [-0.4, -0.2) is 50.2 Å². The fraction of sp³-hybridized carbons (Fsp3) is 0.562. The van der Waals surface area contributed by atoms with Crippen LogP contribution in [0.4, 0.5) is 5.95 Å². The number of H-pyrrole nitrogens is 1. The molecule has 4 N–H and O–H groups in total. The van der Waals surface area contributed by atoms with E-state index >= 15 is 0 Å². The Morgan fingerprint density at radius 3 is 2.54 bits per heavy atom. The standard InChI is InChI=1S/C16H26N5O6P/c1-10(2)26-28(24,27-11(3)4)6-5-12(7-22)8-25-21-9-18-13-14(21)19-16(17)20-15(13)23/h5-6,9-12,22H,7-8H2,1-4H3,(H3,17,19,20,23). The van der Waals surface area contributed by atoms with Crippen molar-refractivity contribution < 1.29 is 23.6 Å². The van der Waals surface area contributed by atoms with Gasteiger partial charge in [0.25, 0.3) is 5.56 Å². The van der Waals surface area contributed by atoms with Gasteiger partial charge in [-0.3, -0.25) is 14.3 Å². The first-order valence-corrected chi connectivity index (χ1v) is 10.4. The number of fused-ring (bicyclic) bond motifs is 1. The molecule has 0 saturated heterocycles. The lowest BCUT2D eigenvalue weighted by molar-refractivity contribution is 0.0788. The summed E-state index contributed by atoms with van der Waals surface area (Å²) in [6.45, 7) is 6.73. The molecule has 12 heteroatoms. The van der Waals surface area contributed by atoms with Crippen molar-refractivity contribution in [2.45, 2.75) is 39.9 Å². The van der Waals surface area contributed by atoms with Gasteiger partial charge in [-0.25, -0.2) is 4.98 Å². The molecule has 0 aliphatic rings. The van der Waals surface area contributed by atoms with Gasteiger partial charge in [0, 0.05) is 11.7 Å². The molecular formula is C16H26N5O6P. The van der Waals surface area contributed by atoms with Gasteiger partial charge in [-0.15, -0.1) is 0 Å². The van der Waals surface area contributed by atoms with Gasteiger partial charge in [0.15, 0.2) is 5.52 Å². The largest absolute Gasteiger partial charge is 0.410 e. The molecule has 0 amide bonds. The highest BCUT2D eigenvalue weighted by Gasteiger charge is 2.25. The normalized spacial score (nSPS) is 13.8. The van der Waals surface area contributed by atoms with Crippen molar-refractivity contribution in [3.63, 3.8) is 0 Å². The molecule has 156 valence electrons. The van der Waals surface area contributed by atoms with Crippen LogP contribution in [0.5, 0.6) is 0 Å². The van der Waals surface area contributed by atoms with Gasteiger partial charge < -0.3 is 24.7 Å². The van der Waals surface area contributed by atoms with E-state index in [2.05, 4.69) is 15.0 Å². The number of nitrogens with zero attached hydrogens (tertiary/aromatic N) is 3. The number of aliphatic hydroxyl groups is 1. The molecule has 0 radical (unpaired) electrons. The predicted octanol–water partition coefficient (Wildman–Crippen LogP) is 1.30. The summed E-state index contributed by atoms with van der Waals surface area (Å²) < 4.78 is 24.8. The molecule has 0 aliphatic carbocycles. The molecule has 2 rings (SSSR count). The first-order valence-electron chi connectivity index (χ1n) is 8.76. The molecule has 0 aromatic carbocycles. The van der Waals surface area contributed by atoms with Crippen molar-refractivity contribution in [1.29, 1.82) is 0 Å². The SMILES string of the molecule is CC(C)OP(=O)(C=CC(CO)COn1cnc2c(=O)[nH]c(N)nc21)OC(C)C. The summed E-state index contributed by atoms with van der Waals surface area (Å²) in [5.74, 6) is 0.736. The maximum Gasteiger partial charge on any atom is 0.354 e. The summed E-state index contributed by atoms with van der Waals surface area (Å²) in [5.41, 5.74) is 5.28. The summed E-state index contributed by atoms with van der Waals surface area (Å²) in [6, 6.07) is 0. The van der Waals surface area contributed by atoms with Gasteiger partial charge in [-0.2, -0.15) is 9.71 Å². The Bertz CT molecular complexity index is 908. The van der Waals surface area contributed by atoms with Crippen LogP contribution in [0.2, 0.25) is 0 Å². The van der Waals surface area contributed by atoms with Gasteiger partial charge in [0.2, 0.25) is 11.6 Å². The molecule has 28 heavy (non-hydrogen) atoms. The Labute approximate surface area is 162 Å². The first-order chi connectivity index (χ1) is 13.1. The molecule has 11 nitrogen and oxygen atoms in total. The Morgan fingerprint density at radius 1 is 1.32 bits per heavy atom. The Hall–Kier alpha value is -2.20. The number of nitrogens with one attached hydrogen (secondary N) is 1. The minimum atomic E-state index is -3.48. The fourth-order valence-corrected chi connectivity index (χ4v) is 4.08. The van der Waals surface area contributed by atoms with E-state index in [1.165, 1.54) is 23.0 Å². The summed E-state index contributed by atoms with van der Waals surface area (Å²) in [5, 5.41) is 9.60. The second-order valence-corrected chi connectivity index (χ2v) is 8.42. The number of anilines is 1. The molecule has 0 bridgehead atoms. The van der Waals surface area contributed by atoms with Crippen molar-refractivity contribution in [3.05, 3.63) is 28.6 Å². The summed E-state index contributed by atoms with van der Waals surface area (Å²) in [7, 11) is -3.48. The van der Waals surface area contributed by atoms with E-state index in [4.69, 9.17) is 19.6 Å². The van der Waals surface area contributed by atoms with Crippen molar-refractivity contribution in [2.24, 2.45) is 5.92 Å². The zero-order valence-electron chi connectivity index (χ0n) is 16.2. The summed E-state index contributed by atoms with van der Waals surface area (Å²) in [4.78, 5) is 27.6. The fourth-order valence-electron chi connectivity index (χ4n) is 2.26. The molecule has 2 heterocycles. The van der Waals surface area contributed by atoms with E-state index in [1.54, 1.807) is 27.7 Å². The van der Waals surface area contributed by atoms with Crippen LogP contribution in [0.1, 0.15) is 27.7 Å². The van der Waals surface area contributed by atoms with Gasteiger partial charge >= 0.3 is 7.60 Å². The topological polar surface area (TPSA) is 155 Å². The molecule has 0 aliphatic heterocycles. The number of rotatable bonds is 10. The van der Waals surface area contributed by atoms with Gasteiger partial charge in [0.1, 0.15) is 12.9 Å². The molecule has 1 atom stereocenters. The van der Waals surface area contributed by atoms with Crippen LogP contribution in [-0.2, 0) is 13.6 Å². The smallest absolute Gasteiger partial charge is 0.354 e. The van der Waals surface area contributed by atoms with E-state index in [0.29, 0.717) is 0 Å². The highest BCUT2D eigenvalue weighted by atomic mass is 31.2. The van der Waals surface area contributed by atoms with E-state index in [9.17, 15) is 14.5 Å². The Kier molecular flexibility index (Phi) is 7.36. The second-order valence-electron chi connectivity index (χ2n) is 6.62. The van der Waals surface area contributed by atoms with Crippen molar-refractivity contribution >= 4 is 24.7 Å². The molecule has 0 spiro atoms. The number of nitrogen functional groups attached to an aromatic ring is 1. The van der Waals surface area contributed by atoms with Crippen LogP contribution >= 0.6 is 7.60 Å². The highest BCUT2D eigenvalue weighted by molar-refractivity contribution is 7.57. The number of nitrogens with two attached hydrogens (primary N) is 1. The number of aromatic amines is 1. The Morgan fingerprint density at radius 2 is 1.96 bits per heavy atom. The van der Waals surface area contributed by atoms with Gasteiger partial charge in [0.05, 0.1) is 18.8 Å². The third-order valence-corrected chi connectivity index (χ3v) is 5.28. The maximum atomic E-state index is 12.8. The van der Waals surface area contributed by atoms with Crippen molar-refractivity contribution in [1.82, 2.24) is 19.7 Å². The minimum absolute atomic E-state index is 0.00377. The van der Waals surface area contributed by atoms with Crippen LogP contribution in [0, 0.1) is 5.92 Å². The van der Waals surface area contributed by atoms with E-state index in [0.717, 1.165) is 0 Å². The number of aromatic nitrogens is 4. The average Bonchev–Trinajstić information content (AvgIpc) is 2.96. The number of imidazole rings is 1. The van der Waals surface area contributed by atoms with Crippen LogP contribution in [0.3, 0.4) is 0 Å². The van der Waals surface area contributed by atoms with Crippen LogP contribution in [0.25, 0.3) is 11.2 Å². The number of hydrogen-bond acceptors (Lipinski definition) is 9. The lowest BCUT2D eigenvalue weighted by atomic mass is 10.2. The second kappa shape index (κ2) is 9.33. The molecule has 2 aromatic heterocycles. The molecule has 1 unspecified atom stereocenters. The van der Waals surface area contributed by atoms with E-state index in [1.807, 2.05) is 0 Å². The molecule has 0 fully saturated rings. The quantitative estimate of drug-likeness (QED) is 0.487. The monoisotopic (exact) mass is 415 g/mol. The third kappa shape index (κ3) is 5.90. The highest BCUT2D eigenvalue weighted by Crippen LogP contribution is 2.52. The number of aliphatic hydroxyl groups excluding tert-OH is 1. The third-order valence-electron chi connectivity index (χ3n) is 3.31. The maximum absolute atomic E-state index is 12.8. The molecule has 2 aromatic rings. The van der Waals surface area contributed by atoms with Crippen molar-refractivity contribution in [2.75, 3.05) is 18.9 Å². The van der Waals surface area contributed by atoms with Crippen LogP contribution in [0.15, 0.2) is 23.0 Å². The first kappa shape index (κ1) is 22.1. The number of hydrogen-bond donors (Lipinski definition) is 3. The van der Waals surface area contributed by atoms with Crippen LogP contribution < -0.4 is 16.1 Å². The zero-order chi connectivity index (χ0) is 20.9. The molecule has 0 saturated carbocycles. The predicted molar refractivity (Wildman–Crippen MR) is 104 cm³/mol. The van der Waals surface area contributed by atoms with Crippen molar-refractivity contribution in [3.8, 4) is 0 Å². The lowest BCUT2D eigenvalue weighted by Gasteiger charge is -2.20. The Balaban J connectivity index is 2.13. The summed E-state index contributed by atoms with van der Waals surface area (Å²) >= 11 is 0. The summed E-state index contributed by atoms with van der Waals surface area (Å²) in [6.07, 6.45) is 2.19. The minimum Gasteiger partial charge on any atom is -0.410 e. The lowest BCUT2D eigenvalue weighted by Crippen LogP contribution is -2.21. The van der Waals surface area contributed by atoms with E-state index < -0.39 is 19.1 Å². The van der Waals surface area contributed by atoms with Gasteiger partial charge in [-0.1, -0.05) is 6.08 Å². The molecular weight excluding hydrogens is 389 g/mol. The van der Waals surface area contributed by atoms with Gasteiger partial charge in [-0.05, 0) is 27.7 Å². The zero-order valence-corrected chi connectivity index (χ0v) is 17.1. The van der Waals surface area contributed by atoms with E-state index in [-0.39, 0.29) is 42.5 Å². The average molecular weight is 415 g/mol.